The number of sulfonamides is 1. The lowest BCUT2D eigenvalue weighted by Gasteiger charge is -2.33. The molecule has 1 atom stereocenters. The normalized spacial score (nSPS) is 12.5. The van der Waals surface area contributed by atoms with Gasteiger partial charge in [-0.05, 0) is 76.6 Å². The average molecular weight is 574 g/mol. The van der Waals surface area contributed by atoms with E-state index in [2.05, 4.69) is 5.32 Å². The molecule has 0 heterocycles. The van der Waals surface area contributed by atoms with Crippen molar-refractivity contribution >= 4 is 39.1 Å². The van der Waals surface area contributed by atoms with Gasteiger partial charge in [0, 0.05) is 22.7 Å². The summed E-state index contributed by atoms with van der Waals surface area (Å²) in [5.41, 5.74) is 0.549. The van der Waals surface area contributed by atoms with Crippen LogP contribution in [-0.2, 0) is 26.2 Å². The minimum Gasteiger partial charge on any atom is -0.350 e. The number of hydrogen-bond acceptors (Lipinski definition) is 4. The first kappa shape index (κ1) is 30.1. The maximum absolute atomic E-state index is 14.6. The summed E-state index contributed by atoms with van der Waals surface area (Å²) in [5.74, 6) is -1.66. The molecule has 0 saturated heterocycles. The van der Waals surface area contributed by atoms with Crippen LogP contribution in [0.1, 0.15) is 38.8 Å². The quantitative estimate of drug-likeness (QED) is 0.376. The van der Waals surface area contributed by atoms with Crippen molar-refractivity contribution in [3.05, 3.63) is 94.8 Å². The van der Waals surface area contributed by atoms with Gasteiger partial charge in [-0.15, -0.1) is 0 Å². The van der Waals surface area contributed by atoms with Crippen LogP contribution in [0.3, 0.4) is 0 Å². The number of hydrogen-bond donors (Lipinski definition) is 1. The van der Waals surface area contributed by atoms with E-state index in [1.807, 2.05) is 0 Å². The molecule has 3 rings (SSSR count). The molecule has 39 heavy (non-hydrogen) atoms. The predicted octanol–water partition coefficient (Wildman–Crippen LogP) is 5.31. The zero-order chi connectivity index (χ0) is 29.0. The molecule has 2 amide bonds. The minimum atomic E-state index is -4.23. The van der Waals surface area contributed by atoms with Crippen molar-refractivity contribution in [3.8, 4) is 0 Å². The number of carbonyl (C=O) groups is 2. The molecule has 7 nitrogen and oxygen atoms in total. The van der Waals surface area contributed by atoms with Crippen molar-refractivity contribution in [2.45, 2.75) is 57.6 Å². The SMILES string of the molecule is Cc1ccccc1N(CC(=O)N(Cc1ccccc1F)C(C)C(=O)NC(C)(C)C)S(=O)(=O)c1ccc(Cl)cc1. The number of aryl methyl sites for hydroxylation is 1. The summed E-state index contributed by atoms with van der Waals surface area (Å²) in [4.78, 5) is 28.1. The number of nitrogens with zero attached hydrogens (tertiary/aromatic N) is 2. The Hall–Kier alpha value is -3.43. The second-order valence-electron chi connectivity index (χ2n) is 10.3. The number of halogens is 2. The van der Waals surface area contributed by atoms with Gasteiger partial charge in [0.1, 0.15) is 18.4 Å². The molecule has 208 valence electrons. The first-order chi connectivity index (χ1) is 18.2. The number of anilines is 1. The summed E-state index contributed by atoms with van der Waals surface area (Å²) in [6, 6.07) is 17.3. The Kier molecular flexibility index (Phi) is 9.40. The first-order valence-electron chi connectivity index (χ1n) is 12.4. The summed E-state index contributed by atoms with van der Waals surface area (Å²) in [5, 5.41) is 3.20. The number of amides is 2. The van der Waals surface area contributed by atoms with Gasteiger partial charge < -0.3 is 10.2 Å². The average Bonchev–Trinajstić information content (AvgIpc) is 2.86. The Morgan fingerprint density at radius 3 is 2.15 bits per heavy atom. The molecule has 0 aliphatic carbocycles. The van der Waals surface area contributed by atoms with Gasteiger partial charge in [0.25, 0.3) is 10.0 Å². The standard InChI is InChI=1S/C29H33ClFN3O4S/c1-20-10-6-9-13-26(20)34(39(37,38)24-16-14-23(30)15-17-24)19-27(35)33(18-22-11-7-8-12-25(22)31)21(2)28(36)32-29(3,4)5/h6-17,21H,18-19H2,1-5H3,(H,32,36). The van der Waals surface area contributed by atoms with Crippen LogP contribution >= 0.6 is 11.6 Å². The second-order valence-corrected chi connectivity index (χ2v) is 12.6. The molecule has 0 radical (unpaired) electrons. The van der Waals surface area contributed by atoms with Crippen LogP contribution in [0.25, 0.3) is 0 Å². The third-order valence-corrected chi connectivity index (χ3v) is 8.05. The fourth-order valence-electron chi connectivity index (χ4n) is 3.96. The molecule has 3 aromatic rings. The number of rotatable bonds is 9. The predicted molar refractivity (Wildman–Crippen MR) is 151 cm³/mol. The summed E-state index contributed by atoms with van der Waals surface area (Å²) in [6.07, 6.45) is 0. The van der Waals surface area contributed by atoms with Crippen LogP contribution in [-0.4, -0.2) is 43.3 Å². The number of carbonyl (C=O) groups excluding carboxylic acids is 2. The van der Waals surface area contributed by atoms with E-state index in [1.54, 1.807) is 58.0 Å². The second kappa shape index (κ2) is 12.2. The van der Waals surface area contributed by atoms with Gasteiger partial charge in [0.05, 0.1) is 10.6 Å². The summed E-state index contributed by atoms with van der Waals surface area (Å²) in [6.45, 7) is 7.84. The van der Waals surface area contributed by atoms with Gasteiger partial charge >= 0.3 is 0 Å². The Morgan fingerprint density at radius 2 is 1.56 bits per heavy atom. The van der Waals surface area contributed by atoms with Crippen molar-refractivity contribution in [1.29, 1.82) is 0 Å². The molecule has 0 aliphatic heterocycles. The zero-order valence-electron chi connectivity index (χ0n) is 22.6. The van der Waals surface area contributed by atoms with E-state index in [4.69, 9.17) is 11.6 Å². The highest BCUT2D eigenvalue weighted by molar-refractivity contribution is 7.92. The van der Waals surface area contributed by atoms with E-state index in [0.29, 0.717) is 16.3 Å². The van der Waals surface area contributed by atoms with Gasteiger partial charge in [-0.3, -0.25) is 13.9 Å². The molecule has 1 unspecified atom stereocenters. The Morgan fingerprint density at radius 1 is 0.974 bits per heavy atom. The van der Waals surface area contributed by atoms with Crippen LogP contribution in [0, 0.1) is 12.7 Å². The lowest BCUT2D eigenvalue weighted by molar-refractivity contribution is -0.140. The van der Waals surface area contributed by atoms with Crippen molar-refractivity contribution in [2.24, 2.45) is 0 Å². The summed E-state index contributed by atoms with van der Waals surface area (Å²) < 4.78 is 43.3. The lowest BCUT2D eigenvalue weighted by atomic mass is 10.1. The fourth-order valence-corrected chi connectivity index (χ4v) is 5.56. The molecule has 3 aromatic carbocycles. The van der Waals surface area contributed by atoms with Crippen molar-refractivity contribution in [1.82, 2.24) is 10.2 Å². The molecule has 0 fully saturated rings. The topological polar surface area (TPSA) is 86.8 Å². The van der Waals surface area contributed by atoms with Gasteiger partial charge in [-0.2, -0.15) is 0 Å². The van der Waals surface area contributed by atoms with E-state index >= 15 is 0 Å². The van der Waals surface area contributed by atoms with Crippen LogP contribution in [0.5, 0.6) is 0 Å². The lowest BCUT2D eigenvalue weighted by Crippen LogP contribution is -2.54. The van der Waals surface area contributed by atoms with Gasteiger partial charge in [0.2, 0.25) is 11.8 Å². The minimum absolute atomic E-state index is 0.0536. The maximum Gasteiger partial charge on any atom is 0.264 e. The van der Waals surface area contributed by atoms with Gasteiger partial charge in [0.15, 0.2) is 0 Å². The molecule has 0 spiro atoms. The highest BCUT2D eigenvalue weighted by Crippen LogP contribution is 2.28. The highest BCUT2D eigenvalue weighted by Gasteiger charge is 2.34. The van der Waals surface area contributed by atoms with Crippen molar-refractivity contribution in [3.63, 3.8) is 0 Å². The van der Waals surface area contributed by atoms with E-state index in [9.17, 15) is 22.4 Å². The van der Waals surface area contributed by atoms with Crippen molar-refractivity contribution < 1.29 is 22.4 Å². The molecule has 0 bridgehead atoms. The maximum atomic E-state index is 14.6. The molecule has 10 heteroatoms. The summed E-state index contributed by atoms with van der Waals surface area (Å²) >= 11 is 5.97. The highest BCUT2D eigenvalue weighted by atomic mass is 35.5. The van der Waals surface area contributed by atoms with E-state index in [0.717, 1.165) is 4.31 Å². The van der Waals surface area contributed by atoms with E-state index in [1.165, 1.54) is 54.3 Å². The van der Waals surface area contributed by atoms with Gasteiger partial charge in [-0.25, -0.2) is 12.8 Å². The Labute approximate surface area is 234 Å². The van der Waals surface area contributed by atoms with Crippen LogP contribution in [0.15, 0.2) is 77.7 Å². The number of nitrogens with one attached hydrogen (secondary N) is 1. The molecular weight excluding hydrogens is 541 g/mol. The number of benzene rings is 3. The van der Waals surface area contributed by atoms with Crippen molar-refractivity contribution in [2.75, 3.05) is 10.8 Å². The smallest absolute Gasteiger partial charge is 0.264 e. The van der Waals surface area contributed by atoms with Crippen LogP contribution < -0.4 is 9.62 Å². The molecule has 0 saturated carbocycles. The first-order valence-corrected chi connectivity index (χ1v) is 14.2. The van der Waals surface area contributed by atoms with E-state index < -0.39 is 45.8 Å². The molecular formula is C29H33ClFN3O4S. The fraction of sp³-hybridized carbons (Fsp3) is 0.310. The van der Waals surface area contributed by atoms with E-state index in [-0.39, 0.29) is 17.0 Å². The summed E-state index contributed by atoms with van der Waals surface area (Å²) in [7, 11) is -4.23. The Balaban J connectivity index is 2.06. The Bertz CT molecular complexity index is 1440. The van der Waals surface area contributed by atoms with Crippen LogP contribution in [0.4, 0.5) is 10.1 Å². The van der Waals surface area contributed by atoms with Gasteiger partial charge in [-0.1, -0.05) is 48.0 Å². The number of para-hydroxylation sites is 1. The third-order valence-electron chi connectivity index (χ3n) is 6.03. The zero-order valence-corrected chi connectivity index (χ0v) is 24.2. The van der Waals surface area contributed by atoms with Crippen LogP contribution in [0.2, 0.25) is 5.02 Å². The third kappa shape index (κ3) is 7.58. The molecule has 1 N–H and O–H groups in total. The monoisotopic (exact) mass is 573 g/mol. The largest absolute Gasteiger partial charge is 0.350 e. The molecule has 0 aromatic heterocycles. The molecule has 0 aliphatic rings.